The number of rotatable bonds is 6. The molecule has 0 unspecified atom stereocenters. The Balaban J connectivity index is 2.24. The Labute approximate surface area is 112 Å². The van der Waals surface area contributed by atoms with Gasteiger partial charge in [0.2, 0.25) is 0 Å². The van der Waals surface area contributed by atoms with E-state index in [0.717, 1.165) is 18.5 Å². The summed E-state index contributed by atoms with van der Waals surface area (Å²) in [5.74, 6) is 1.10. The summed E-state index contributed by atoms with van der Waals surface area (Å²) in [4.78, 5) is 8.54. The minimum atomic E-state index is -0.129. The van der Waals surface area contributed by atoms with Gasteiger partial charge in [0, 0.05) is 24.4 Å². The highest BCUT2D eigenvalue weighted by molar-refractivity contribution is 5.64. The second kappa shape index (κ2) is 5.44. The second-order valence-corrected chi connectivity index (χ2v) is 4.89. The van der Waals surface area contributed by atoms with Gasteiger partial charge in [-0.15, -0.1) is 0 Å². The van der Waals surface area contributed by atoms with Crippen LogP contribution >= 0.6 is 0 Å². The van der Waals surface area contributed by atoms with Gasteiger partial charge in [-0.3, -0.25) is 0 Å². The van der Waals surface area contributed by atoms with Gasteiger partial charge in [0.25, 0.3) is 0 Å². The van der Waals surface area contributed by atoms with E-state index in [9.17, 15) is 5.11 Å². The number of hydrogen-bond donors (Lipinski definition) is 3. The van der Waals surface area contributed by atoms with Crippen molar-refractivity contribution in [2.24, 2.45) is 5.41 Å². The van der Waals surface area contributed by atoms with Crippen LogP contribution < -0.4 is 11.1 Å². The van der Waals surface area contributed by atoms with Crippen molar-refractivity contribution in [2.75, 3.05) is 24.2 Å². The van der Waals surface area contributed by atoms with Gasteiger partial charge in [0.05, 0.1) is 12.8 Å². The Morgan fingerprint density at radius 1 is 1.42 bits per heavy atom. The molecule has 6 nitrogen and oxygen atoms in total. The second-order valence-electron chi connectivity index (χ2n) is 4.89. The zero-order valence-corrected chi connectivity index (χ0v) is 11.4. The van der Waals surface area contributed by atoms with Crippen LogP contribution in [-0.4, -0.2) is 32.6 Å². The van der Waals surface area contributed by atoms with Crippen molar-refractivity contribution in [2.45, 2.75) is 26.7 Å². The average Bonchev–Trinajstić information content (AvgIpc) is 2.88. The fraction of sp³-hybridized carbons (Fsp3) is 0.538. The quantitative estimate of drug-likeness (QED) is 0.735. The average molecular weight is 263 g/mol. The molecule has 19 heavy (non-hydrogen) atoms. The topological polar surface area (TPSA) is 88.5 Å². The van der Waals surface area contributed by atoms with Crippen LogP contribution in [0.5, 0.6) is 0 Å². The van der Waals surface area contributed by atoms with Gasteiger partial charge < -0.3 is 20.6 Å². The first-order valence-corrected chi connectivity index (χ1v) is 6.58. The summed E-state index contributed by atoms with van der Waals surface area (Å²) in [7, 11) is 0. The zero-order valence-electron chi connectivity index (χ0n) is 11.4. The van der Waals surface area contributed by atoms with Gasteiger partial charge in [-0.25, -0.2) is 9.97 Å². The fourth-order valence-electron chi connectivity index (χ4n) is 2.12. The van der Waals surface area contributed by atoms with Gasteiger partial charge in [-0.05, 0) is 12.8 Å². The number of aromatic nitrogens is 3. The molecule has 0 aliphatic rings. The predicted octanol–water partition coefficient (Wildman–Crippen LogP) is 1.52. The Bertz CT molecular complexity index is 539. The molecule has 2 aromatic rings. The maximum Gasteiger partial charge on any atom is 0.180 e. The Kier molecular flexibility index (Phi) is 3.90. The first kappa shape index (κ1) is 13.6. The molecule has 0 atom stereocenters. The molecule has 0 aromatic carbocycles. The molecule has 0 saturated heterocycles. The fourth-order valence-corrected chi connectivity index (χ4v) is 2.12. The molecular weight excluding hydrogens is 242 g/mol. The van der Waals surface area contributed by atoms with Crippen LogP contribution in [0.2, 0.25) is 0 Å². The smallest absolute Gasteiger partial charge is 0.180 e. The first-order chi connectivity index (χ1) is 9.14. The molecule has 0 aliphatic carbocycles. The van der Waals surface area contributed by atoms with Crippen LogP contribution in [-0.2, 0) is 0 Å². The molecule has 0 saturated carbocycles. The minimum Gasteiger partial charge on any atom is -0.396 e. The summed E-state index contributed by atoms with van der Waals surface area (Å²) in [5, 5.41) is 12.9. The van der Waals surface area contributed by atoms with E-state index in [1.807, 2.05) is 10.6 Å². The van der Waals surface area contributed by atoms with Crippen molar-refractivity contribution in [3.8, 4) is 0 Å². The molecule has 0 spiro atoms. The molecule has 2 rings (SSSR count). The van der Waals surface area contributed by atoms with Gasteiger partial charge in [-0.2, -0.15) is 0 Å². The number of hydrogen-bond acceptors (Lipinski definition) is 5. The van der Waals surface area contributed by atoms with E-state index < -0.39 is 0 Å². The van der Waals surface area contributed by atoms with Crippen molar-refractivity contribution in [3.05, 3.63) is 18.6 Å². The third-order valence-electron chi connectivity index (χ3n) is 3.86. The van der Waals surface area contributed by atoms with Gasteiger partial charge >= 0.3 is 0 Å². The normalized spacial score (nSPS) is 11.9. The van der Waals surface area contributed by atoms with Crippen LogP contribution in [0.4, 0.5) is 11.6 Å². The zero-order chi connectivity index (χ0) is 13.9. The molecule has 0 aliphatic heterocycles. The van der Waals surface area contributed by atoms with Crippen LogP contribution in [0.3, 0.4) is 0 Å². The summed E-state index contributed by atoms with van der Waals surface area (Å²) in [6.07, 6.45) is 7.07. The van der Waals surface area contributed by atoms with Crippen LogP contribution in [0.1, 0.15) is 26.7 Å². The highest BCUT2D eigenvalue weighted by Crippen LogP contribution is 2.26. The molecule has 2 heterocycles. The lowest BCUT2D eigenvalue weighted by Crippen LogP contribution is -2.32. The van der Waals surface area contributed by atoms with Crippen LogP contribution in [0.25, 0.3) is 5.65 Å². The molecule has 0 radical (unpaired) electrons. The summed E-state index contributed by atoms with van der Waals surface area (Å²) < 4.78 is 1.84. The number of imidazole rings is 1. The number of nitrogens with zero attached hydrogens (tertiary/aromatic N) is 3. The third-order valence-corrected chi connectivity index (χ3v) is 3.86. The van der Waals surface area contributed by atoms with Gasteiger partial charge in [-0.1, -0.05) is 13.8 Å². The van der Waals surface area contributed by atoms with E-state index in [4.69, 9.17) is 5.73 Å². The Morgan fingerprint density at radius 3 is 2.79 bits per heavy atom. The molecule has 2 aromatic heterocycles. The molecule has 104 valence electrons. The van der Waals surface area contributed by atoms with Crippen molar-refractivity contribution in [3.63, 3.8) is 0 Å². The van der Waals surface area contributed by atoms with Crippen LogP contribution in [0.15, 0.2) is 18.6 Å². The Morgan fingerprint density at radius 2 is 2.16 bits per heavy atom. The Hall–Kier alpha value is -1.82. The van der Waals surface area contributed by atoms with E-state index in [1.165, 1.54) is 0 Å². The van der Waals surface area contributed by atoms with E-state index in [1.54, 1.807) is 12.4 Å². The molecule has 6 heteroatoms. The van der Waals surface area contributed by atoms with Crippen LogP contribution in [0, 0.1) is 5.41 Å². The highest BCUT2D eigenvalue weighted by atomic mass is 16.3. The minimum absolute atomic E-state index is 0.129. The summed E-state index contributed by atoms with van der Waals surface area (Å²) >= 11 is 0. The number of fused-ring (bicyclic) bond motifs is 1. The summed E-state index contributed by atoms with van der Waals surface area (Å²) in [6, 6.07) is 0. The number of aliphatic hydroxyl groups is 1. The number of nitrogens with one attached hydrogen (secondary N) is 1. The molecular formula is C13H21N5O. The number of aliphatic hydroxyl groups excluding tert-OH is 1. The molecule has 0 bridgehead atoms. The molecule has 0 amide bonds. The van der Waals surface area contributed by atoms with E-state index in [0.29, 0.717) is 18.2 Å². The third kappa shape index (κ3) is 2.63. The summed E-state index contributed by atoms with van der Waals surface area (Å²) in [6.45, 7) is 4.97. The van der Waals surface area contributed by atoms with Crippen molar-refractivity contribution >= 4 is 17.3 Å². The maximum absolute atomic E-state index is 9.58. The maximum atomic E-state index is 9.58. The van der Waals surface area contributed by atoms with Crippen molar-refractivity contribution in [1.29, 1.82) is 0 Å². The van der Waals surface area contributed by atoms with E-state index in [2.05, 4.69) is 29.1 Å². The number of nitrogens with two attached hydrogens (primary N) is 1. The monoisotopic (exact) mass is 263 g/mol. The van der Waals surface area contributed by atoms with Crippen molar-refractivity contribution < 1.29 is 5.11 Å². The van der Waals surface area contributed by atoms with Gasteiger partial charge in [0.1, 0.15) is 5.82 Å². The van der Waals surface area contributed by atoms with Crippen molar-refractivity contribution in [1.82, 2.24) is 14.4 Å². The lowest BCUT2D eigenvalue weighted by Gasteiger charge is -2.29. The SMILES string of the molecule is CCC(CC)(CO)CNc1nc(N)cn2ccnc12. The first-order valence-electron chi connectivity index (χ1n) is 6.58. The standard InChI is InChI=1S/C13H21N5O/c1-3-13(4-2,9-19)8-16-11-12-15-5-6-18(12)7-10(14)17-11/h5-7,19H,3-4,8-9,14H2,1-2H3,(H,16,17). The number of nitrogen functional groups attached to an aromatic ring is 1. The predicted molar refractivity (Wildman–Crippen MR) is 76.0 cm³/mol. The molecule has 0 fully saturated rings. The largest absolute Gasteiger partial charge is 0.396 e. The lowest BCUT2D eigenvalue weighted by molar-refractivity contribution is 0.127. The highest BCUT2D eigenvalue weighted by Gasteiger charge is 2.25. The summed E-state index contributed by atoms with van der Waals surface area (Å²) in [5.41, 5.74) is 6.39. The van der Waals surface area contributed by atoms with E-state index in [-0.39, 0.29) is 12.0 Å². The molecule has 4 N–H and O–H groups in total. The van der Waals surface area contributed by atoms with Gasteiger partial charge in [0.15, 0.2) is 11.5 Å². The lowest BCUT2D eigenvalue weighted by atomic mass is 9.83. The number of anilines is 2. The van der Waals surface area contributed by atoms with E-state index >= 15 is 0 Å².